The molecule has 166 valence electrons. The summed E-state index contributed by atoms with van der Waals surface area (Å²) in [4.78, 5) is 24.5. The van der Waals surface area contributed by atoms with E-state index in [2.05, 4.69) is 33.8 Å². The Bertz CT molecular complexity index is 935. The van der Waals surface area contributed by atoms with E-state index in [0.717, 1.165) is 42.8 Å². The average Bonchev–Trinajstić information content (AvgIpc) is 3.48. The zero-order valence-corrected chi connectivity index (χ0v) is 18.5. The van der Waals surface area contributed by atoms with Crippen molar-refractivity contribution in [2.45, 2.75) is 31.9 Å². The molecule has 0 spiro atoms. The molecule has 1 aromatic heterocycles. The Morgan fingerprint density at radius 3 is 2.65 bits per heavy atom. The normalized spacial score (nSPS) is 20.8. The van der Waals surface area contributed by atoms with E-state index in [1.165, 1.54) is 16.9 Å². The lowest BCUT2D eigenvalue weighted by Crippen LogP contribution is -2.47. The number of hydrogen-bond acceptors (Lipinski definition) is 8. The van der Waals surface area contributed by atoms with Gasteiger partial charge in [0.2, 0.25) is 6.79 Å². The molecule has 9 heteroatoms. The highest BCUT2D eigenvalue weighted by molar-refractivity contribution is 7.17. The topological polar surface area (TPSA) is 78.4 Å². The van der Waals surface area contributed by atoms with Gasteiger partial charge in [-0.25, -0.2) is 4.98 Å². The molecule has 2 fully saturated rings. The fraction of sp³-hybridized carbons (Fsp3) is 0.545. The molecule has 3 aliphatic heterocycles. The third-order valence-electron chi connectivity index (χ3n) is 6.47. The summed E-state index contributed by atoms with van der Waals surface area (Å²) in [6.45, 7) is 7.38. The second-order valence-corrected chi connectivity index (χ2v) is 9.35. The fourth-order valence-electron chi connectivity index (χ4n) is 4.42. The summed E-state index contributed by atoms with van der Waals surface area (Å²) in [6, 6.07) is 6.47. The molecule has 3 aliphatic rings. The van der Waals surface area contributed by atoms with Crippen LogP contribution >= 0.6 is 11.3 Å². The van der Waals surface area contributed by atoms with Gasteiger partial charge in [-0.3, -0.25) is 9.69 Å². The van der Waals surface area contributed by atoms with Crippen molar-refractivity contribution in [2.75, 3.05) is 51.0 Å². The van der Waals surface area contributed by atoms with Crippen molar-refractivity contribution in [3.05, 3.63) is 34.8 Å². The van der Waals surface area contributed by atoms with Gasteiger partial charge in [0.05, 0.1) is 12.3 Å². The van der Waals surface area contributed by atoms with Gasteiger partial charge < -0.3 is 24.4 Å². The third kappa shape index (κ3) is 4.22. The Labute approximate surface area is 186 Å². The van der Waals surface area contributed by atoms with Crippen LogP contribution in [0.25, 0.3) is 0 Å². The molecular weight excluding hydrogens is 416 g/mol. The van der Waals surface area contributed by atoms with Crippen molar-refractivity contribution in [2.24, 2.45) is 0 Å². The van der Waals surface area contributed by atoms with E-state index in [-0.39, 0.29) is 12.0 Å². The number of anilines is 1. The summed E-state index contributed by atoms with van der Waals surface area (Å²) >= 11 is 1.47. The number of fused-ring (bicyclic) bond motifs is 1. The number of carbonyl (C=O) groups excluding carboxylic acids is 1. The highest BCUT2D eigenvalue weighted by atomic mass is 32.1. The minimum Gasteiger partial charge on any atom is -0.454 e. The molecule has 4 heterocycles. The maximum absolute atomic E-state index is 12.8. The molecule has 0 aliphatic carbocycles. The average molecular weight is 445 g/mol. The van der Waals surface area contributed by atoms with Crippen LogP contribution in [0.15, 0.2) is 24.4 Å². The van der Waals surface area contributed by atoms with E-state index >= 15 is 0 Å². The van der Waals surface area contributed by atoms with Crippen molar-refractivity contribution in [3.8, 4) is 11.5 Å². The molecule has 1 N–H and O–H groups in total. The number of benzene rings is 1. The van der Waals surface area contributed by atoms with Gasteiger partial charge in [0, 0.05) is 45.3 Å². The van der Waals surface area contributed by atoms with Gasteiger partial charge >= 0.3 is 0 Å². The maximum Gasteiger partial charge on any atom is 0.265 e. The molecule has 31 heavy (non-hydrogen) atoms. The van der Waals surface area contributed by atoms with Crippen molar-refractivity contribution in [1.29, 1.82) is 0 Å². The lowest BCUT2D eigenvalue weighted by atomic mass is 10.1. The second kappa shape index (κ2) is 8.64. The summed E-state index contributed by atoms with van der Waals surface area (Å²) in [7, 11) is 0. The first-order valence-corrected chi connectivity index (χ1v) is 11.7. The minimum absolute atomic E-state index is 0.0331. The van der Waals surface area contributed by atoms with E-state index in [0.29, 0.717) is 43.6 Å². The first-order valence-electron chi connectivity index (χ1n) is 10.9. The van der Waals surface area contributed by atoms with Gasteiger partial charge in [0.25, 0.3) is 5.91 Å². The van der Waals surface area contributed by atoms with Crippen LogP contribution in [-0.2, 0) is 0 Å². The van der Waals surface area contributed by atoms with Crippen LogP contribution in [0, 0.1) is 0 Å². The predicted molar refractivity (Wildman–Crippen MR) is 118 cm³/mol. The zero-order valence-electron chi connectivity index (χ0n) is 17.7. The number of likely N-dealkylation sites (tertiary alicyclic amines) is 1. The van der Waals surface area contributed by atoms with Crippen LogP contribution < -0.4 is 14.4 Å². The molecular formula is C22H28N4O4S. The van der Waals surface area contributed by atoms with Crippen LogP contribution in [0.2, 0.25) is 0 Å². The summed E-state index contributed by atoms with van der Waals surface area (Å²) in [5, 5.41) is 10.6. The Morgan fingerprint density at radius 1 is 1.13 bits per heavy atom. The summed E-state index contributed by atoms with van der Waals surface area (Å²) in [5.74, 6) is 1.67. The smallest absolute Gasteiger partial charge is 0.265 e. The lowest BCUT2D eigenvalue weighted by molar-refractivity contribution is 0.0550. The zero-order chi connectivity index (χ0) is 21.4. The summed E-state index contributed by atoms with van der Waals surface area (Å²) in [5.41, 5.74) is 1.23. The second-order valence-electron chi connectivity index (χ2n) is 8.34. The third-order valence-corrected chi connectivity index (χ3v) is 7.51. The van der Waals surface area contributed by atoms with E-state index < -0.39 is 0 Å². The van der Waals surface area contributed by atoms with Gasteiger partial charge in [0.15, 0.2) is 16.6 Å². The summed E-state index contributed by atoms with van der Waals surface area (Å²) < 4.78 is 10.9. The van der Waals surface area contributed by atoms with Gasteiger partial charge in [0.1, 0.15) is 4.88 Å². The molecule has 1 aromatic carbocycles. The van der Waals surface area contributed by atoms with Crippen LogP contribution in [-0.4, -0.2) is 78.0 Å². The number of thiazole rings is 1. The highest BCUT2D eigenvalue weighted by Gasteiger charge is 2.27. The Hall–Kier alpha value is -2.36. The minimum atomic E-state index is -0.280. The van der Waals surface area contributed by atoms with Crippen molar-refractivity contribution in [3.63, 3.8) is 0 Å². The fourth-order valence-corrected chi connectivity index (χ4v) is 5.35. The molecule has 2 saturated heterocycles. The van der Waals surface area contributed by atoms with Crippen LogP contribution in [0.1, 0.15) is 41.0 Å². The Balaban J connectivity index is 1.18. The SMILES string of the molecule is CC(c1ccc2c(c1)OCO2)N1CCN(c2ncc(C(=O)N3CCC(O)CC3)s2)CC1. The molecule has 8 nitrogen and oxygen atoms in total. The number of piperidine rings is 1. The standard InChI is InChI=1S/C22H28N4O4S/c1-15(16-2-3-18-19(12-16)30-14-29-18)24-8-10-26(11-9-24)22-23-13-20(31-22)21(28)25-6-4-17(27)5-7-25/h2-3,12-13,15,17,27H,4-11,14H2,1H3. The molecule has 0 saturated carbocycles. The van der Waals surface area contributed by atoms with Crippen LogP contribution in [0.5, 0.6) is 11.5 Å². The number of amides is 1. The van der Waals surface area contributed by atoms with Crippen LogP contribution in [0.4, 0.5) is 5.13 Å². The van der Waals surface area contributed by atoms with Gasteiger partial charge in [-0.05, 0) is 37.5 Å². The number of aromatic nitrogens is 1. The largest absolute Gasteiger partial charge is 0.454 e. The Morgan fingerprint density at radius 2 is 1.87 bits per heavy atom. The van der Waals surface area contributed by atoms with Gasteiger partial charge in [-0.2, -0.15) is 0 Å². The van der Waals surface area contributed by atoms with E-state index in [4.69, 9.17) is 9.47 Å². The van der Waals surface area contributed by atoms with Crippen molar-refractivity contribution < 1.29 is 19.4 Å². The highest BCUT2D eigenvalue weighted by Crippen LogP contribution is 2.36. The van der Waals surface area contributed by atoms with Crippen molar-refractivity contribution in [1.82, 2.24) is 14.8 Å². The number of nitrogens with zero attached hydrogens (tertiary/aromatic N) is 4. The number of aliphatic hydroxyl groups excluding tert-OH is 1. The quantitative estimate of drug-likeness (QED) is 0.776. The first-order chi connectivity index (χ1) is 15.1. The molecule has 2 aromatic rings. The summed E-state index contributed by atoms with van der Waals surface area (Å²) in [6.07, 6.45) is 2.73. The molecule has 1 atom stereocenters. The van der Waals surface area contributed by atoms with E-state index in [9.17, 15) is 9.90 Å². The number of aliphatic hydroxyl groups is 1. The number of ether oxygens (including phenoxy) is 2. The monoisotopic (exact) mass is 444 g/mol. The lowest BCUT2D eigenvalue weighted by Gasteiger charge is -2.38. The Kier molecular flexibility index (Phi) is 5.73. The van der Waals surface area contributed by atoms with Crippen molar-refractivity contribution >= 4 is 22.4 Å². The number of piperazine rings is 1. The first kappa shape index (κ1) is 20.5. The maximum atomic E-state index is 12.8. The number of rotatable bonds is 4. The van der Waals surface area contributed by atoms with Crippen LogP contribution in [0.3, 0.4) is 0 Å². The predicted octanol–water partition coefficient (Wildman–Crippen LogP) is 2.35. The van der Waals surface area contributed by atoms with Gasteiger partial charge in [-0.15, -0.1) is 0 Å². The molecule has 1 unspecified atom stereocenters. The number of carbonyl (C=O) groups is 1. The number of hydrogen-bond donors (Lipinski definition) is 1. The molecule has 0 radical (unpaired) electrons. The van der Waals surface area contributed by atoms with Gasteiger partial charge in [-0.1, -0.05) is 17.4 Å². The van der Waals surface area contributed by atoms with E-state index in [1.807, 2.05) is 11.0 Å². The molecule has 1 amide bonds. The molecule has 0 bridgehead atoms. The van der Waals surface area contributed by atoms with E-state index in [1.54, 1.807) is 6.20 Å². The molecule has 5 rings (SSSR count).